The Morgan fingerprint density at radius 1 is 1.17 bits per heavy atom. The molecule has 0 aromatic heterocycles. The van der Waals surface area contributed by atoms with Crippen LogP contribution in [-0.2, 0) is 0 Å². The summed E-state index contributed by atoms with van der Waals surface area (Å²) in [5.41, 5.74) is 0.974. The summed E-state index contributed by atoms with van der Waals surface area (Å²) in [6, 6.07) is 0. The van der Waals surface area contributed by atoms with Gasteiger partial charge in [-0.2, -0.15) is 0 Å². The minimum absolute atomic E-state index is 0.798. The predicted molar refractivity (Wildman–Crippen MR) is 54.0 cm³/mol. The van der Waals surface area contributed by atoms with E-state index in [1.807, 2.05) is 33.1 Å². The van der Waals surface area contributed by atoms with Crippen molar-refractivity contribution in [1.82, 2.24) is 9.80 Å². The second kappa shape index (κ2) is 5.82. The van der Waals surface area contributed by atoms with Gasteiger partial charge in [0.15, 0.2) is 0 Å². The van der Waals surface area contributed by atoms with Crippen molar-refractivity contribution in [2.24, 2.45) is 0 Å². The van der Waals surface area contributed by atoms with Gasteiger partial charge in [0.2, 0.25) is 0 Å². The summed E-state index contributed by atoms with van der Waals surface area (Å²) in [4.78, 5) is 4.10. The second-order valence-corrected chi connectivity index (χ2v) is 3.38. The van der Waals surface area contributed by atoms with Crippen molar-refractivity contribution in [1.29, 1.82) is 0 Å². The third-order valence-electron chi connectivity index (χ3n) is 1.17. The Morgan fingerprint density at radius 3 is 2.17 bits per heavy atom. The lowest BCUT2D eigenvalue weighted by molar-refractivity contribution is 0.450. The molecule has 12 heavy (non-hydrogen) atoms. The molecule has 0 saturated heterocycles. The summed E-state index contributed by atoms with van der Waals surface area (Å²) in [6.45, 7) is 5.50. The van der Waals surface area contributed by atoms with E-state index in [4.69, 9.17) is 0 Å². The maximum Gasteiger partial charge on any atom is 0.0600 e. The summed E-state index contributed by atoms with van der Waals surface area (Å²) in [6.07, 6.45) is 0. The molecule has 2 heteroatoms. The fourth-order valence-corrected chi connectivity index (χ4v) is 0.744. The van der Waals surface area contributed by atoms with Gasteiger partial charge in [-0.05, 0) is 28.2 Å². The molecule has 0 heterocycles. The van der Waals surface area contributed by atoms with Crippen LogP contribution in [0.4, 0.5) is 0 Å². The van der Waals surface area contributed by atoms with Crippen LogP contribution in [0.15, 0.2) is 12.2 Å². The molecule has 0 bridgehead atoms. The van der Waals surface area contributed by atoms with Crippen LogP contribution < -0.4 is 0 Å². The molecule has 0 unspecified atom stereocenters. The highest BCUT2D eigenvalue weighted by Crippen LogP contribution is 1.88. The Bertz CT molecular complexity index is 194. The van der Waals surface area contributed by atoms with E-state index in [-0.39, 0.29) is 0 Å². The normalized spacial score (nSPS) is 9.83. The zero-order valence-electron chi connectivity index (χ0n) is 8.52. The molecule has 0 aromatic carbocycles. The van der Waals surface area contributed by atoms with Crippen LogP contribution in [-0.4, -0.2) is 51.1 Å². The van der Waals surface area contributed by atoms with Crippen molar-refractivity contribution >= 4 is 0 Å². The largest absolute Gasteiger partial charge is 0.305 e. The van der Waals surface area contributed by atoms with E-state index in [0.717, 1.165) is 18.7 Å². The first-order valence-electron chi connectivity index (χ1n) is 3.98. The molecule has 0 rings (SSSR count). The highest BCUT2D eigenvalue weighted by molar-refractivity contribution is 5.27. The molecule has 0 aliphatic heterocycles. The number of hydrogen-bond donors (Lipinski definition) is 0. The van der Waals surface area contributed by atoms with E-state index in [2.05, 4.69) is 23.3 Å². The smallest absolute Gasteiger partial charge is 0.0600 e. The highest BCUT2D eigenvalue weighted by Gasteiger charge is 1.90. The van der Waals surface area contributed by atoms with Crippen LogP contribution in [0.2, 0.25) is 0 Å². The van der Waals surface area contributed by atoms with Gasteiger partial charge in [-0.25, -0.2) is 0 Å². The monoisotopic (exact) mass is 166 g/mol. The molecule has 0 aliphatic carbocycles. The number of likely N-dealkylation sites (N-methyl/N-ethyl adjacent to an activating group) is 1. The average molecular weight is 166 g/mol. The second-order valence-electron chi connectivity index (χ2n) is 3.38. The Morgan fingerprint density at radius 2 is 1.75 bits per heavy atom. The topological polar surface area (TPSA) is 6.48 Å². The van der Waals surface area contributed by atoms with Gasteiger partial charge in [-0.3, -0.25) is 4.90 Å². The summed E-state index contributed by atoms with van der Waals surface area (Å²) < 4.78 is 0. The molecule has 0 spiro atoms. The number of hydrogen-bond acceptors (Lipinski definition) is 2. The molecule has 2 nitrogen and oxygen atoms in total. The molecular weight excluding hydrogens is 148 g/mol. The van der Waals surface area contributed by atoms with Crippen LogP contribution >= 0.6 is 0 Å². The number of nitrogens with zero attached hydrogens (tertiary/aromatic N) is 2. The van der Waals surface area contributed by atoms with Crippen LogP contribution in [0.5, 0.6) is 0 Å². The molecule has 0 N–H and O–H groups in total. The van der Waals surface area contributed by atoms with Crippen molar-refractivity contribution in [2.75, 3.05) is 41.3 Å². The summed E-state index contributed by atoms with van der Waals surface area (Å²) in [7, 11) is 8.03. The van der Waals surface area contributed by atoms with E-state index in [9.17, 15) is 0 Å². The molecule has 0 fully saturated rings. The number of rotatable bonds is 3. The third-order valence-corrected chi connectivity index (χ3v) is 1.17. The zero-order chi connectivity index (χ0) is 9.56. The first kappa shape index (κ1) is 11.2. The maximum atomic E-state index is 3.86. The van der Waals surface area contributed by atoms with Crippen molar-refractivity contribution in [3.8, 4) is 11.8 Å². The lowest BCUT2D eigenvalue weighted by Crippen LogP contribution is -2.14. The van der Waals surface area contributed by atoms with Crippen LogP contribution in [0.25, 0.3) is 0 Å². The molecule has 68 valence electrons. The fourth-order valence-electron chi connectivity index (χ4n) is 0.744. The minimum Gasteiger partial charge on any atom is -0.305 e. The Hall–Kier alpha value is -0.780. The molecule has 0 aromatic rings. The summed E-state index contributed by atoms with van der Waals surface area (Å²) >= 11 is 0. The first-order chi connectivity index (χ1) is 5.52. The van der Waals surface area contributed by atoms with Crippen molar-refractivity contribution in [3.05, 3.63) is 12.2 Å². The Labute approximate surface area is 75.9 Å². The van der Waals surface area contributed by atoms with Gasteiger partial charge in [-0.1, -0.05) is 18.4 Å². The van der Waals surface area contributed by atoms with E-state index in [1.165, 1.54) is 0 Å². The maximum absolute atomic E-state index is 3.86. The van der Waals surface area contributed by atoms with Gasteiger partial charge >= 0.3 is 0 Å². The summed E-state index contributed by atoms with van der Waals surface area (Å²) in [5.74, 6) is 6.06. The lowest BCUT2D eigenvalue weighted by Gasteiger charge is -2.07. The van der Waals surface area contributed by atoms with E-state index < -0.39 is 0 Å². The quantitative estimate of drug-likeness (QED) is 0.569. The molecule has 0 radical (unpaired) electrons. The van der Waals surface area contributed by atoms with E-state index >= 15 is 0 Å². The van der Waals surface area contributed by atoms with Crippen LogP contribution in [0.1, 0.15) is 0 Å². The van der Waals surface area contributed by atoms with Gasteiger partial charge in [-0.15, -0.1) is 0 Å². The van der Waals surface area contributed by atoms with Crippen LogP contribution in [0, 0.1) is 11.8 Å². The summed E-state index contributed by atoms with van der Waals surface area (Å²) in [5, 5.41) is 0. The van der Waals surface area contributed by atoms with E-state index in [0.29, 0.717) is 0 Å². The SMILES string of the molecule is C=C(C#CCN(C)C)CN(C)C. The van der Waals surface area contributed by atoms with Crippen LogP contribution in [0.3, 0.4) is 0 Å². The first-order valence-corrected chi connectivity index (χ1v) is 3.98. The zero-order valence-corrected chi connectivity index (χ0v) is 8.52. The van der Waals surface area contributed by atoms with Crippen molar-refractivity contribution in [3.63, 3.8) is 0 Å². The molecule has 0 saturated carbocycles. The van der Waals surface area contributed by atoms with Gasteiger partial charge < -0.3 is 4.90 Å². The fraction of sp³-hybridized carbons (Fsp3) is 0.600. The van der Waals surface area contributed by atoms with E-state index in [1.54, 1.807) is 0 Å². The minimum atomic E-state index is 0.798. The lowest BCUT2D eigenvalue weighted by atomic mass is 10.3. The predicted octanol–water partition coefficient (Wildman–Crippen LogP) is 0.669. The Kier molecular flexibility index (Phi) is 5.44. The van der Waals surface area contributed by atoms with Gasteiger partial charge in [0.25, 0.3) is 0 Å². The van der Waals surface area contributed by atoms with Crippen molar-refractivity contribution in [2.45, 2.75) is 0 Å². The molecule has 0 aliphatic rings. The van der Waals surface area contributed by atoms with Crippen molar-refractivity contribution < 1.29 is 0 Å². The molecule has 0 atom stereocenters. The standard InChI is InChI=1S/C10H18N2/c1-10(9-12(4)5)7-6-8-11(2)3/h1,8-9H2,2-5H3. The molecule has 0 amide bonds. The highest BCUT2D eigenvalue weighted by atomic mass is 15.1. The third kappa shape index (κ3) is 7.33. The average Bonchev–Trinajstić information content (AvgIpc) is 1.84. The van der Waals surface area contributed by atoms with Gasteiger partial charge in [0.1, 0.15) is 0 Å². The molecular formula is C10H18N2. The van der Waals surface area contributed by atoms with Gasteiger partial charge in [0.05, 0.1) is 6.54 Å². The van der Waals surface area contributed by atoms with Gasteiger partial charge in [0, 0.05) is 12.1 Å². The Balaban J connectivity index is 3.72.